The Morgan fingerprint density at radius 3 is 3.14 bits per heavy atom. The molecule has 3 heterocycles. The Bertz CT molecular complexity index is 632. The lowest BCUT2D eigenvalue weighted by molar-refractivity contribution is 0.0732. The number of nitrogens with zero attached hydrogens (tertiary/aromatic N) is 4. The molecule has 1 amide bonds. The lowest BCUT2D eigenvalue weighted by atomic mass is 10.0. The molecule has 1 saturated heterocycles. The lowest BCUT2D eigenvalue weighted by Crippen LogP contribution is -2.36. The summed E-state index contributed by atoms with van der Waals surface area (Å²) in [5, 5.41) is 1.79. The van der Waals surface area contributed by atoms with Crippen molar-refractivity contribution in [1.82, 2.24) is 19.9 Å². The van der Waals surface area contributed by atoms with E-state index in [-0.39, 0.29) is 11.8 Å². The van der Waals surface area contributed by atoms with Crippen LogP contribution in [0.1, 0.15) is 21.9 Å². The number of thiazole rings is 1. The maximum atomic E-state index is 12.5. The van der Waals surface area contributed by atoms with E-state index in [4.69, 9.17) is 4.74 Å². The van der Waals surface area contributed by atoms with Gasteiger partial charge in [0, 0.05) is 35.8 Å². The molecule has 7 heteroatoms. The number of hydrogen-bond donors (Lipinski definition) is 0. The summed E-state index contributed by atoms with van der Waals surface area (Å²) in [5.74, 6) is 0.218. The molecule has 1 fully saturated rings. The summed E-state index contributed by atoms with van der Waals surface area (Å²) in [6.07, 6.45) is 2.37. The van der Waals surface area contributed by atoms with Crippen LogP contribution in [0.5, 0.6) is 0 Å². The zero-order chi connectivity index (χ0) is 15.4. The van der Waals surface area contributed by atoms with E-state index >= 15 is 0 Å². The molecule has 0 N–H and O–H groups in total. The van der Waals surface area contributed by atoms with Gasteiger partial charge in [0.15, 0.2) is 0 Å². The molecule has 0 aliphatic carbocycles. The highest BCUT2D eigenvalue weighted by Crippen LogP contribution is 2.15. The summed E-state index contributed by atoms with van der Waals surface area (Å²) in [6, 6.07) is 1.98. The molecule has 2 aromatic rings. The summed E-state index contributed by atoms with van der Waals surface area (Å²) in [5.41, 5.74) is 4.14. The maximum Gasteiger partial charge on any atom is 0.273 e. The molecule has 22 heavy (non-hydrogen) atoms. The van der Waals surface area contributed by atoms with Crippen molar-refractivity contribution in [3.8, 4) is 0 Å². The van der Waals surface area contributed by atoms with Crippen LogP contribution in [0.3, 0.4) is 0 Å². The molecule has 116 valence electrons. The highest BCUT2D eigenvalue weighted by molar-refractivity contribution is 7.07. The normalized spacial score (nSPS) is 19.0. The van der Waals surface area contributed by atoms with E-state index in [1.807, 2.05) is 17.9 Å². The van der Waals surface area contributed by atoms with Crippen molar-refractivity contribution in [3.05, 3.63) is 40.4 Å². The van der Waals surface area contributed by atoms with Crippen molar-refractivity contribution in [3.63, 3.8) is 0 Å². The van der Waals surface area contributed by atoms with Crippen molar-refractivity contribution in [2.24, 2.45) is 5.92 Å². The number of carbonyl (C=O) groups excluding carboxylic acids is 1. The predicted octanol–water partition coefficient (Wildman–Crippen LogP) is 1.57. The third-order valence-corrected chi connectivity index (χ3v) is 4.22. The van der Waals surface area contributed by atoms with Crippen LogP contribution < -0.4 is 0 Å². The smallest absolute Gasteiger partial charge is 0.273 e. The number of amides is 1. The lowest BCUT2D eigenvalue weighted by Gasteiger charge is -2.22. The fourth-order valence-corrected chi connectivity index (χ4v) is 3.11. The van der Waals surface area contributed by atoms with Gasteiger partial charge in [-0.25, -0.2) is 15.0 Å². The van der Waals surface area contributed by atoms with Gasteiger partial charge in [0.25, 0.3) is 5.91 Å². The molecule has 2 aromatic heterocycles. The van der Waals surface area contributed by atoms with E-state index in [1.165, 1.54) is 11.3 Å². The van der Waals surface area contributed by atoms with E-state index < -0.39 is 0 Å². The second-order valence-corrected chi connectivity index (χ2v) is 6.14. The standard InChI is InChI=1S/C15H18N4O2S/c1-11-4-13(17-9-16-11)5-12-6-19(2-3-21-7-12)15(20)14-8-22-10-18-14/h4,8-10,12H,2-3,5-7H2,1H3. The van der Waals surface area contributed by atoms with Crippen molar-refractivity contribution >= 4 is 17.2 Å². The molecule has 0 radical (unpaired) electrons. The number of ether oxygens (including phenoxy) is 1. The van der Waals surface area contributed by atoms with Crippen LogP contribution in [-0.2, 0) is 11.2 Å². The van der Waals surface area contributed by atoms with Gasteiger partial charge in [-0.15, -0.1) is 11.3 Å². The third kappa shape index (κ3) is 3.66. The van der Waals surface area contributed by atoms with E-state index in [9.17, 15) is 4.79 Å². The quantitative estimate of drug-likeness (QED) is 0.859. The second kappa shape index (κ2) is 6.93. The molecular weight excluding hydrogens is 300 g/mol. The Morgan fingerprint density at radius 1 is 1.45 bits per heavy atom. The Hall–Kier alpha value is -1.86. The van der Waals surface area contributed by atoms with Gasteiger partial charge in [0.1, 0.15) is 12.0 Å². The summed E-state index contributed by atoms with van der Waals surface area (Å²) >= 11 is 1.44. The molecule has 0 bridgehead atoms. The van der Waals surface area contributed by atoms with E-state index in [0.717, 1.165) is 17.8 Å². The molecule has 0 saturated carbocycles. The molecule has 1 atom stereocenters. The van der Waals surface area contributed by atoms with Gasteiger partial charge in [-0.3, -0.25) is 4.79 Å². The number of carbonyl (C=O) groups is 1. The highest BCUT2D eigenvalue weighted by Gasteiger charge is 2.24. The molecule has 0 spiro atoms. The molecule has 1 unspecified atom stereocenters. The number of aryl methyl sites for hydroxylation is 1. The van der Waals surface area contributed by atoms with E-state index in [1.54, 1.807) is 17.2 Å². The molecule has 1 aliphatic rings. The van der Waals surface area contributed by atoms with Gasteiger partial charge in [0.05, 0.1) is 18.7 Å². The first kappa shape index (κ1) is 15.1. The maximum absolute atomic E-state index is 12.5. The minimum absolute atomic E-state index is 0.0179. The molecule has 1 aliphatic heterocycles. The summed E-state index contributed by atoms with van der Waals surface area (Å²) in [4.78, 5) is 26.8. The molecular formula is C15H18N4O2S. The molecule has 0 aromatic carbocycles. The van der Waals surface area contributed by atoms with Crippen molar-refractivity contribution in [1.29, 1.82) is 0 Å². The van der Waals surface area contributed by atoms with Crippen molar-refractivity contribution in [2.45, 2.75) is 13.3 Å². The third-order valence-electron chi connectivity index (χ3n) is 3.63. The first-order valence-corrected chi connectivity index (χ1v) is 8.19. The van der Waals surface area contributed by atoms with Crippen molar-refractivity contribution < 1.29 is 9.53 Å². The van der Waals surface area contributed by atoms with Gasteiger partial charge >= 0.3 is 0 Å². The van der Waals surface area contributed by atoms with Crippen LogP contribution in [0.25, 0.3) is 0 Å². The van der Waals surface area contributed by atoms with Gasteiger partial charge < -0.3 is 9.64 Å². The number of aromatic nitrogens is 3. The molecule has 3 rings (SSSR count). The van der Waals surface area contributed by atoms with Gasteiger partial charge in [-0.1, -0.05) is 0 Å². The SMILES string of the molecule is Cc1cc(CC2COCCN(C(=O)c3cscn3)C2)ncn1. The van der Waals surface area contributed by atoms with Crippen LogP contribution in [0, 0.1) is 12.8 Å². The first-order valence-electron chi connectivity index (χ1n) is 7.25. The fourth-order valence-electron chi connectivity index (χ4n) is 2.59. The Morgan fingerprint density at radius 2 is 2.36 bits per heavy atom. The summed E-state index contributed by atoms with van der Waals surface area (Å²) < 4.78 is 5.65. The van der Waals surface area contributed by atoms with Crippen LogP contribution in [0.2, 0.25) is 0 Å². The van der Waals surface area contributed by atoms with Crippen LogP contribution in [0.15, 0.2) is 23.3 Å². The minimum Gasteiger partial charge on any atom is -0.379 e. The van der Waals surface area contributed by atoms with Gasteiger partial charge in [0.2, 0.25) is 0 Å². The average molecular weight is 318 g/mol. The Balaban J connectivity index is 1.68. The summed E-state index contributed by atoms with van der Waals surface area (Å²) in [6.45, 7) is 4.43. The second-order valence-electron chi connectivity index (χ2n) is 5.42. The molecule has 6 nitrogen and oxygen atoms in total. The fraction of sp³-hybridized carbons (Fsp3) is 0.467. The zero-order valence-electron chi connectivity index (χ0n) is 12.4. The van der Waals surface area contributed by atoms with Crippen LogP contribution >= 0.6 is 11.3 Å². The van der Waals surface area contributed by atoms with Gasteiger partial charge in [-0.2, -0.15) is 0 Å². The topological polar surface area (TPSA) is 68.2 Å². The minimum atomic E-state index is -0.0179. The average Bonchev–Trinajstić information content (AvgIpc) is 2.94. The van der Waals surface area contributed by atoms with E-state index in [0.29, 0.717) is 32.0 Å². The number of hydrogen-bond acceptors (Lipinski definition) is 6. The van der Waals surface area contributed by atoms with Gasteiger partial charge in [-0.05, 0) is 19.4 Å². The highest BCUT2D eigenvalue weighted by atomic mass is 32.1. The van der Waals surface area contributed by atoms with E-state index in [2.05, 4.69) is 15.0 Å². The van der Waals surface area contributed by atoms with Crippen LogP contribution in [0.4, 0.5) is 0 Å². The van der Waals surface area contributed by atoms with Crippen LogP contribution in [-0.4, -0.2) is 52.1 Å². The first-order chi connectivity index (χ1) is 10.7. The monoisotopic (exact) mass is 318 g/mol. The predicted molar refractivity (Wildman–Crippen MR) is 82.8 cm³/mol. The summed E-state index contributed by atoms with van der Waals surface area (Å²) in [7, 11) is 0. The Kier molecular flexibility index (Phi) is 4.74. The largest absolute Gasteiger partial charge is 0.379 e. The number of rotatable bonds is 3. The Labute approximate surface area is 133 Å². The van der Waals surface area contributed by atoms with Crippen molar-refractivity contribution in [2.75, 3.05) is 26.3 Å². The zero-order valence-corrected chi connectivity index (χ0v) is 13.3.